The van der Waals surface area contributed by atoms with E-state index in [1.807, 2.05) is 0 Å². The van der Waals surface area contributed by atoms with Crippen LogP contribution in [0.2, 0.25) is 0 Å². The molecule has 0 spiro atoms. The van der Waals surface area contributed by atoms with E-state index < -0.39 is 0 Å². The summed E-state index contributed by atoms with van der Waals surface area (Å²) in [5.41, 5.74) is 7.45. The van der Waals surface area contributed by atoms with E-state index in [9.17, 15) is 0 Å². The first-order valence-corrected chi connectivity index (χ1v) is 10.3. The van der Waals surface area contributed by atoms with Crippen LogP contribution in [0.3, 0.4) is 0 Å². The van der Waals surface area contributed by atoms with E-state index >= 15 is 0 Å². The van der Waals surface area contributed by atoms with Gasteiger partial charge in [-0.05, 0) is 36.8 Å². The van der Waals surface area contributed by atoms with Gasteiger partial charge in [0.15, 0.2) is 0 Å². The first kappa shape index (κ1) is 19.8. The zero-order chi connectivity index (χ0) is 19.6. The van der Waals surface area contributed by atoms with Crippen LogP contribution in [0.4, 0.5) is 0 Å². The second kappa shape index (κ2) is 10.4. The lowest BCUT2D eigenvalue weighted by Crippen LogP contribution is -2.05. The average molecular weight is 368 g/mol. The van der Waals surface area contributed by atoms with Crippen molar-refractivity contribution in [2.45, 2.75) is 39.5 Å². The minimum atomic E-state index is 0.946. The normalized spacial score (nSPS) is 11.6. The highest BCUT2D eigenvalue weighted by molar-refractivity contribution is 6.13. The Hall–Kier alpha value is -2.93. The Labute approximate surface area is 169 Å². The Morgan fingerprint density at radius 1 is 0.643 bits per heavy atom. The van der Waals surface area contributed by atoms with Gasteiger partial charge in [0.2, 0.25) is 0 Å². The fraction of sp³-hybridized carbons (Fsp3) is 0.222. The van der Waals surface area contributed by atoms with Crippen molar-refractivity contribution >= 4 is 5.71 Å². The molecule has 0 heterocycles. The van der Waals surface area contributed by atoms with Crippen molar-refractivity contribution in [2.24, 2.45) is 4.99 Å². The maximum absolute atomic E-state index is 5.21. The van der Waals surface area contributed by atoms with Gasteiger partial charge in [-0.1, -0.05) is 105 Å². The summed E-state index contributed by atoms with van der Waals surface area (Å²) in [6.45, 7) is 4.46. The Kier molecular flexibility index (Phi) is 7.37. The second-order valence-electron chi connectivity index (χ2n) is 6.94. The summed E-state index contributed by atoms with van der Waals surface area (Å²) in [6.07, 6.45) is 4.11. The third-order valence-electron chi connectivity index (χ3n) is 5.07. The van der Waals surface area contributed by atoms with Crippen molar-refractivity contribution in [1.29, 1.82) is 0 Å². The molecule has 3 aromatic carbocycles. The van der Waals surface area contributed by atoms with Crippen molar-refractivity contribution in [2.75, 3.05) is 0 Å². The number of rotatable bonds is 8. The summed E-state index contributed by atoms with van der Waals surface area (Å²) in [4.78, 5) is 5.21. The molecule has 0 atom stereocenters. The predicted octanol–water partition coefficient (Wildman–Crippen LogP) is 7.23. The highest BCUT2D eigenvalue weighted by atomic mass is 14.8. The molecule has 1 nitrogen and oxygen atoms in total. The standard InChI is InChI=1S/C27H29N/c1-3-23(21-20-22-14-8-5-9-15-22)26(4-2)28-27(24-16-10-6-11-17-24)25-18-12-7-13-19-25/h5-19H,3-4,20-21H2,1-2H3/b26-23-. The number of nitrogens with zero attached hydrogens (tertiary/aromatic N) is 1. The molecule has 0 N–H and O–H groups in total. The van der Waals surface area contributed by atoms with Crippen molar-refractivity contribution in [3.63, 3.8) is 0 Å². The quantitative estimate of drug-likeness (QED) is 0.372. The first-order valence-electron chi connectivity index (χ1n) is 10.3. The van der Waals surface area contributed by atoms with Gasteiger partial charge in [-0.3, -0.25) is 4.99 Å². The SMILES string of the molecule is CC/C(CCc1ccccc1)=C(\CC)N=C(c1ccccc1)c1ccccc1. The van der Waals surface area contributed by atoms with Crippen molar-refractivity contribution < 1.29 is 0 Å². The third kappa shape index (κ3) is 5.29. The molecule has 0 unspecified atom stereocenters. The summed E-state index contributed by atoms with van der Waals surface area (Å²) < 4.78 is 0. The van der Waals surface area contributed by atoms with E-state index in [-0.39, 0.29) is 0 Å². The molecule has 3 aromatic rings. The predicted molar refractivity (Wildman–Crippen MR) is 121 cm³/mol. The van der Waals surface area contributed by atoms with E-state index in [2.05, 4.69) is 105 Å². The lowest BCUT2D eigenvalue weighted by Gasteiger charge is -2.13. The number of aliphatic imine (C=N–C) groups is 1. The second-order valence-corrected chi connectivity index (χ2v) is 6.94. The molecule has 0 aromatic heterocycles. The molecule has 0 fully saturated rings. The van der Waals surface area contributed by atoms with E-state index in [0.717, 1.165) is 42.5 Å². The fourth-order valence-electron chi connectivity index (χ4n) is 3.50. The van der Waals surface area contributed by atoms with E-state index in [0.29, 0.717) is 0 Å². The minimum Gasteiger partial charge on any atom is -0.252 e. The molecule has 28 heavy (non-hydrogen) atoms. The van der Waals surface area contributed by atoms with Gasteiger partial charge in [0.25, 0.3) is 0 Å². The van der Waals surface area contributed by atoms with Crippen LogP contribution in [0.5, 0.6) is 0 Å². The summed E-state index contributed by atoms with van der Waals surface area (Å²) in [5, 5.41) is 0. The van der Waals surface area contributed by atoms with E-state index in [4.69, 9.17) is 4.99 Å². The van der Waals surface area contributed by atoms with Crippen LogP contribution in [-0.2, 0) is 6.42 Å². The summed E-state index contributed by atoms with van der Waals surface area (Å²) in [5.74, 6) is 0. The number of allylic oxidation sites excluding steroid dienone is 2. The zero-order valence-corrected chi connectivity index (χ0v) is 16.9. The summed E-state index contributed by atoms with van der Waals surface area (Å²) in [7, 11) is 0. The molecule has 0 saturated heterocycles. The van der Waals surface area contributed by atoms with Gasteiger partial charge in [0.05, 0.1) is 5.71 Å². The summed E-state index contributed by atoms with van der Waals surface area (Å²) in [6, 6.07) is 31.8. The molecule has 0 radical (unpaired) electrons. The summed E-state index contributed by atoms with van der Waals surface area (Å²) >= 11 is 0. The maximum Gasteiger partial charge on any atom is 0.0777 e. The third-order valence-corrected chi connectivity index (χ3v) is 5.07. The van der Waals surface area contributed by atoms with Crippen molar-refractivity contribution in [3.8, 4) is 0 Å². The Bertz CT molecular complexity index is 865. The molecule has 3 rings (SSSR count). The molecule has 0 aliphatic carbocycles. The van der Waals surface area contributed by atoms with Crippen molar-refractivity contribution in [1.82, 2.24) is 0 Å². The van der Waals surface area contributed by atoms with Crippen LogP contribution in [0.15, 0.2) is 107 Å². The number of hydrogen-bond donors (Lipinski definition) is 0. The van der Waals surface area contributed by atoms with Crippen LogP contribution < -0.4 is 0 Å². The number of benzene rings is 3. The fourth-order valence-corrected chi connectivity index (χ4v) is 3.50. The molecule has 0 aliphatic rings. The van der Waals surface area contributed by atoms with Gasteiger partial charge in [0, 0.05) is 16.8 Å². The van der Waals surface area contributed by atoms with E-state index in [1.165, 1.54) is 16.8 Å². The lowest BCUT2D eigenvalue weighted by molar-refractivity contribution is 0.841. The average Bonchev–Trinajstić information content (AvgIpc) is 2.78. The molecular formula is C27H29N. The smallest absolute Gasteiger partial charge is 0.0777 e. The monoisotopic (exact) mass is 367 g/mol. The van der Waals surface area contributed by atoms with Crippen LogP contribution in [0.25, 0.3) is 0 Å². The van der Waals surface area contributed by atoms with Crippen LogP contribution in [0, 0.1) is 0 Å². The largest absolute Gasteiger partial charge is 0.252 e. The Morgan fingerprint density at radius 2 is 1.14 bits per heavy atom. The highest BCUT2D eigenvalue weighted by Gasteiger charge is 2.10. The Morgan fingerprint density at radius 3 is 1.61 bits per heavy atom. The topological polar surface area (TPSA) is 12.4 Å². The first-order chi connectivity index (χ1) is 13.8. The lowest BCUT2D eigenvalue weighted by atomic mass is 9.98. The molecular weight excluding hydrogens is 338 g/mol. The van der Waals surface area contributed by atoms with Crippen LogP contribution >= 0.6 is 0 Å². The maximum atomic E-state index is 5.21. The minimum absolute atomic E-state index is 0.946. The van der Waals surface area contributed by atoms with E-state index in [1.54, 1.807) is 0 Å². The molecule has 0 amide bonds. The zero-order valence-electron chi connectivity index (χ0n) is 16.9. The Balaban J connectivity index is 1.98. The molecule has 0 saturated carbocycles. The molecule has 1 heteroatoms. The highest BCUT2D eigenvalue weighted by Crippen LogP contribution is 2.22. The molecule has 142 valence electrons. The molecule has 0 aliphatic heterocycles. The van der Waals surface area contributed by atoms with Gasteiger partial charge in [-0.25, -0.2) is 0 Å². The van der Waals surface area contributed by atoms with Gasteiger partial charge in [-0.15, -0.1) is 0 Å². The number of hydrogen-bond acceptors (Lipinski definition) is 1. The van der Waals surface area contributed by atoms with Gasteiger partial charge < -0.3 is 0 Å². The number of aryl methyl sites for hydroxylation is 1. The van der Waals surface area contributed by atoms with Gasteiger partial charge in [0.1, 0.15) is 0 Å². The van der Waals surface area contributed by atoms with Gasteiger partial charge in [-0.2, -0.15) is 0 Å². The van der Waals surface area contributed by atoms with Crippen LogP contribution in [-0.4, -0.2) is 5.71 Å². The molecule has 0 bridgehead atoms. The van der Waals surface area contributed by atoms with Crippen molar-refractivity contribution in [3.05, 3.63) is 119 Å². The van der Waals surface area contributed by atoms with Gasteiger partial charge >= 0.3 is 0 Å². The van der Waals surface area contributed by atoms with Crippen LogP contribution in [0.1, 0.15) is 49.8 Å².